The zero-order chi connectivity index (χ0) is 15.6. The maximum absolute atomic E-state index is 12.1. The summed E-state index contributed by atoms with van der Waals surface area (Å²) in [6.07, 6.45) is 0. The number of rotatable bonds is 4. The predicted octanol–water partition coefficient (Wildman–Crippen LogP) is 1.38. The van der Waals surface area contributed by atoms with E-state index in [0.29, 0.717) is 11.4 Å². The van der Waals surface area contributed by atoms with Gasteiger partial charge in [0.15, 0.2) is 0 Å². The smallest absolute Gasteiger partial charge is 0.251 e. The SMILES string of the molecule is Cc1nc(C)n(-c2ccc(C(=O)NC(C)(C)CO)cc2)n1. The van der Waals surface area contributed by atoms with Gasteiger partial charge in [0.05, 0.1) is 17.8 Å². The third-order valence-electron chi connectivity index (χ3n) is 3.10. The van der Waals surface area contributed by atoms with E-state index in [1.165, 1.54) is 0 Å². The normalized spacial score (nSPS) is 11.5. The second-order valence-electron chi connectivity index (χ2n) is 5.66. The molecule has 1 aromatic carbocycles. The van der Waals surface area contributed by atoms with Crippen molar-refractivity contribution in [1.29, 1.82) is 0 Å². The summed E-state index contributed by atoms with van der Waals surface area (Å²) in [6, 6.07) is 7.10. The Labute approximate surface area is 123 Å². The highest BCUT2D eigenvalue weighted by atomic mass is 16.3. The number of hydrogen-bond donors (Lipinski definition) is 2. The van der Waals surface area contributed by atoms with E-state index in [-0.39, 0.29) is 12.5 Å². The van der Waals surface area contributed by atoms with Crippen LogP contribution in [0.15, 0.2) is 24.3 Å². The quantitative estimate of drug-likeness (QED) is 0.891. The van der Waals surface area contributed by atoms with Crippen LogP contribution in [0.1, 0.15) is 35.9 Å². The molecule has 0 unspecified atom stereocenters. The number of aryl methyl sites for hydroxylation is 2. The van der Waals surface area contributed by atoms with Gasteiger partial charge in [-0.3, -0.25) is 4.79 Å². The van der Waals surface area contributed by atoms with Crippen LogP contribution in [0, 0.1) is 13.8 Å². The maximum atomic E-state index is 12.1. The van der Waals surface area contributed by atoms with Crippen LogP contribution in [0.4, 0.5) is 0 Å². The molecule has 2 N–H and O–H groups in total. The van der Waals surface area contributed by atoms with Crippen LogP contribution in [0.5, 0.6) is 0 Å². The lowest BCUT2D eigenvalue weighted by molar-refractivity contribution is 0.0869. The average Bonchev–Trinajstić information content (AvgIpc) is 2.77. The molecule has 0 aliphatic heterocycles. The molecule has 2 rings (SSSR count). The molecule has 6 heteroatoms. The zero-order valence-corrected chi connectivity index (χ0v) is 12.7. The topological polar surface area (TPSA) is 80.0 Å². The van der Waals surface area contributed by atoms with Gasteiger partial charge in [-0.05, 0) is 52.0 Å². The van der Waals surface area contributed by atoms with Gasteiger partial charge < -0.3 is 10.4 Å². The number of carbonyl (C=O) groups excluding carboxylic acids is 1. The van der Waals surface area contributed by atoms with Crippen molar-refractivity contribution in [3.63, 3.8) is 0 Å². The molecule has 0 aliphatic rings. The highest BCUT2D eigenvalue weighted by Gasteiger charge is 2.20. The Morgan fingerprint density at radius 3 is 2.38 bits per heavy atom. The van der Waals surface area contributed by atoms with E-state index in [2.05, 4.69) is 15.4 Å². The molecule has 1 heterocycles. The zero-order valence-electron chi connectivity index (χ0n) is 12.7. The highest BCUT2D eigenvalue weighted by molar-refractivity contribution is 5.94. The first kappa shape index (κ1) is 15.2. The first-order chi connectivity index (χ1) is 9.82. The molecule has 21 heavy (non-hydrogen) atoms. The number of benzene rings is 1. The Balaban J connectivity index is 2.19. The van der Waals surface area contributed by atoms with Gasteiger partial charge in [-0.1, -0.05) is 0 Å². The van der Waals surface area contributed by atoms with Crippen LogP contribution in [-0.4, -0.2) is 37.9 Å². The lowest BCUT2D eigenvalue weighted by Gasteiger charge is -2.23. The fourth-order valence-electron chi connectivity index (χ4n) is 1.94. The van der Waals surface area contributed by atoms with Gasteiger partial charge in [0.1, 0.15) is 11.6 Å². The van der Waals surface area contributed by atoms with Crippen molar-refractivity contribution >= 4 is 5.91 Å². The van der Waals surface area contributed by atoms with Gasteiger partial charge in [0.25, 0.3) is 5.91 Å². The molecular weight excluding hydrogens is 268 g/mol. The van der Waals surface area contributed by atoms with Crippen molar-refractivity contribution in [2.24, 2.45) is 0 Å². The molecule has 0 bridgehead atoms. The summed E-state index contributed by atoms with van der Waals surface area (Å²) in [4.78, 5) is 16.3. The van der Waals surface area contributed by atoms with E-state index in [4.69, 9.17) is 0 Å². The van der Waals surface area contributed by atoms with Crippen LogP contribution in [0.25, 0.3) is 5.69 Å². The monoisotopic (exact) mass is 288 g/mol. The minimum absolute atomic E-state index is 0.117. The van der Waals surface area contributed by atoms with Crippen molar-refractivity contribution in [3.8, 4) is 5.69 Å². The Kier molecular flexibility index (Phi) is 4.09. The third kappa shape index (κ3) is 3.46. The second-order valence-corrected chi connectivity index (χ2v) is 5.66. The maximum Gasteiger partial charge on any atom is 0.251 e. The van der Waals surface area contributed by atoms with E-state index < -0.39 is 5.54 Å². The van der Waals surface area contributed by atoms with Crippen molar-refractivity contribution in [1.82, 2.24) is 20.1 Å². The van der Waals surface area contributed by atoms with Gasteiger partial charge in [0, 0.05) is 5.56 Å². The molecule has 1 aromatic heterocycles. The summed E-state index contributed by atoms with van der Waals surface area (Å²) < 4.78 is 1.73. The van der Waals surface area contributed by atoms with E-state index >= 15 is 0 Å². The van der Waals surface area contributed by atoms with Crippen LogP contribution in [0.2, 0.25) is 0 Å². The second kappa shape index (κ2) is 5.65. The molecule has 0 aliphatic carbocycles. The van der Waals surface area contributed by atoms with Crippen LogP contribution in [0.3, 0.4) is 0 Å². The van der Waals surface area contributed by atoms with Crippen LogP contribution >= 0.6 is 0 Å². The number of nitrogens with zero attached hydrogens (tertiary/aromatic N) is 3. The largest absolute Gasteiger partial charge is 0.394 e. The summed E-state index contributed by atoms with van der Waals surface area (Å²) in [5.41, 5.74) is 0.746. The first-order valence-electron chi connectivity index (χ1n) is 6.76. The summed E-state index contributed by atoms with van der Waals surface area (Å²) in [5, 5.41) is 16.3. The Hall–Kier alpha value is -2.21. The number of aliphatic hydroxyl groups excluding tert-OH is 1. The Morgan fingerprint density at radius 2 is 1.90 bits per heavy atom. The number of hydrogen-bond acceptors (Lipinski definition) is 4. The third-order valence-corrected chi connectivity index (χ3v) is 3.10. The molecule has 0 fully saturated rings. The lowest BCUT2D eigenvalue weighted by atomic mass is 10.1. The van der Waals surface area contributed by atoms with Gasteiger partial charge in [-0.2, -0.15) is 5.10 Å². The summed E-state index contributed by atoms with van der Waals surface area (Å²) in [5.74, 6) is 1.29. The van der Waals surface area contributed by atoms with Gasteiger partial charge in [0.2, 0.25) is 0 Å². The molecule has 6 nitrogen and oxygen atoms in total. The number of amides is 1. The fraction of sp³-hybridized carbons (Fsp3) is 0.400. The van der Waals surface area contributed by atoms with Gasteiger partial charge >= 0.3 is 0 Å². The number of aliphatic hydroxyl groups is 1. The molecule has 0 saturated heterocycles. The van der Waals surface area contributed by atoms with Crippen molar-refractivity contribution in [2.45, 2.75) is 33.2 Å². The predicted molar refractivity (Wildman–Crippen MR) is 79.5 cm³/mol. The number of carbonyl (C=O) groups is 1. The molecule has 0 atom stereocenters. The summed E-state index contributed by atoms with van der Waals surface area (Å²) in [6.45, 7) is 7.13. The average molecular weight is 288 g/mol. The lowest BCUT2D eigenvalue weighted by Crippen LogP contribution is -2.46. The molecule has 112 valence electrons. The van der Waals surface area contributed by atoms with E-state index in [1.54, 1.807) is 30.7 Å². The first-order valence-corrected chi connectivity index (χ1v) is 6.76. The van der Waals surface area contributed by atoms with Crippen molar-refractivity contribution in [3.05, 3.63) is 41.5 Å². The molecule has 0 spiro atoms. The van der Waals surface area contributed by atoms with Gasteiger partial charge in [-0.15, -0.1) is 0 Å². The van der Waals surface area contributed by atoms with E-state index in [1.807, 2.05) is 26.0 Å². The summed E-state index contributed by atoms with van der Waals surface area (Å²) >= 11 is 0. The standard InChI is InChI=1S/C15H20N4O2/c1-10-16-11(2)19(18-10)13-7-5-12(6-8-13)14(21)17-15(3,4)9-20/h5-8,20H,9H2,1-4H3,(H,17,21). The molecular formula is C15H20N4O2. The van der Waals surface area contributed by atoms with Crippen LogP contribution < -0.4 is 5.32 Å². The van der Waals surface area contributed by atoms with Crippen molar-refractivity contribution < 1.29 is 9.90 Å². The highest BCUT2D eigenvalue weighted by Crippen LogP contribution is 2.12. The minimum atomic E-state index is -0.643. The Morgan fingerprint density at radius 1 is 1.29 bits per heavy atom. The fourth-order valence-corrected chi connectivity index (χ4v) is 1.94. The molecule has 0 radical (unpaired) electrons. The molecule has 1 amide bonds. The molecule has 0 saturated carbocycles. The van der Waals surface area contributed by atoms with Crippen molar-refractivity contribution in [2.75, 3.05) is 6.61 Å². The molecule has 2 aromatic rings. The summed E-state index contributed by atoms with van der Waals surface area (Å²) in [7, 11) is 0. The van der Waals surface area contributed by atoms with E-state index in [0.717, 1.165) is 11.5 Å². The van der Waals surface area contributed by atoms with Gasteiger partial charge in [-0.25, -0.2) is 9.67 Å². The number of aromatic nitrogens is 3. The number of nitrogens with one attached hydrogen (secondary N) is 1. The van der Waals surface area contributed by atoms with E-state index in [9.17, 15) is 9.90 Å². The Bertz CT molecular complexity index is 644. The minimum Gasteiger partial charge on any atom is -0.394 e. The van der Waals surface area contributed by atoms with Crippen LogP contribution in [-0.2, 0) is 0 Å².